The number of hydrogen-bond donors (Lipinski definition) is 1. The summed E-state index contributed by atoms with van der Waals surface area (Å²) in [6.45, 7) is 3.43. The third kappa shape index (κ3) is 4.23. The van der Waals surface area contributed by atoms with Crippen LogP contribution in [0.15, 0.2) is 54.7 Å². The van der Waals surface area contributed by atoms with Gasteiger partial charge in [0, 0.05) is 11.6 Å². The van der Waals surface area contributed by atoms with Gasteiger partial charge in [-0.1, -0.05) is 18.2 Å². The van der Waals surface area contributed by atoms with Gasteiger partial charge < -0.3 is 14.8 Å². The Kier molecular flexibility index (Phi) is 5.35. The standard InChI is InChI=1S/C21H20N2O4/c1-13-6-9-19(26-3)18(11-13)23-20(24)14(2)27-21(25)16-8-7-15-5-4-10-22-17(15)12-16/h4-12,14H,1-3H3,(H,23,24). The van der Waals surface area contributed by atoms with Crippen LogP contribution in [0.1, 0.15) is 22.8 Å². The first-order chi connectivity index (χ1) is 13.0. The molecule has 1 atom stereocenters. The van der Waals surface area contributed by atoms with Crippen molar-refractivity contribution in [3.8, 4) is 5.75 Å². The van der Waals surface area contributed by atoms with Crippen LogP contribution in [0.4, 0.5) is 5.69 Å². The lowest BCUT2D eigenvalue weighted by molar-refractivity contribution is -0.123. The van der Waals surface area contributed by atoms with Crippen LogP contribution in [0.25, 0.3) is 10.9 Å². The molecule has 1 heterocycles. The fraction of sp³-hybridized carbons (Fsp3) is 0.190. The zero-order valence-electron chi connectivity index (χ0n) is 15.4. The van der Waals surface area contributed by atoms with Crippen molar-refractivity contribution < 1.29 is 19.1 Å². The molecular formula is C21H20N2O4. The minimum absolute atomic E-state index is 0.342. The van der Waals surface area contributed by atoms with E-state index in [0.29, 0.717) is 22.5 Å². The molecule has 2 aromatic carbocycles. The summed E-state index contributed by atoms with van der Waals surface area (Å²) < 4.78 is 10.5. The lowest BCUT2D eigenvalue weighted by atomic mass is 10.1. The number of carbonyl (C=O) groups excluding carboxylic acids is 2. The molecule has 1 N–H and O–H groups in total. The Morgan fingerprint density at radius 3 is 2.70 bits per heavy atom. The van der Waals surface area contributed by atoms with Crippen molar-refractivity contribution in [2.24, 2.45) is 0 Å². The van der Waals surface area contributed by atoms with Crippen molar-refractivity contribution >= 4 is 28.5 Å². The largest absolute Gasteiger partial charge is 0.495 e. The summed E-state index contributed by atoms with van der Waals surface area (Å²) in [6, 6.07) is 14.3. The average Bonchev–Trinajstić information content (AvgIpc) is 2.67. The molecule has 3 rings (SSSR count). The summed E-state index contributed by atoms with van der Waals surface area (Å²) in [4.78, 5) is 29.0. The maximum Gasteiger partial charge on any atom is 0.338 e. The number of nitrogens with one attached hydrogen (secondary N) is 1. The van der Waals surface area contributed by atoms with Gasteiger partial charge in [0.2, 0.25) is 0 Å². The molecule has 1 amide bonds. The summed E-state index contributed by atoms with van der Waals surface area (Å²) in [6.07, 6.45) is 0.685. The zero-order chi connectivity index (χ0) is 19.4. The highest BCUT2D eigenvalue weighted by atomic mass is 16.5. The van der Waals surface area contributed by atoms with Crippen molar-refractivity contribution in [3.63, 3.8) is 0 Å². The highest BCUT2D eigenvalue weighted by molar-refractivity contribution is 5.99. The van der Waals surface area contributed by atoms with Gasteiger partial charge in [0.05, 0.1) is 23.9 Å². The van der Waals surface area contributed by atoms with Crippen molar-refractivity contribution in [1.29, 1.82) is 0 Å². The Labute approximate surface area is 157 Å². The molecule has 1 unspecified atom stereocenters. The van der Waals surface area contributed by atoms with E-state index in [1.807, 2.05) is 25.1 Å². The number of nitrogens with zero attached hydrogens (tertiary/aromatic N) is 1. The molecule has 3 aromatic rings. The molecule has 6 nitrogen and oxygen atoms in total. The van der Waals surface area contributed by atoms with Gasteiger partial charge in [-0.25, -0.2) is 4.79 Å². The number of esters is 1. The number of amides is 1. The molecule has 0 aliphatic carbocycles. The third-order valence-corrected chi connectivity index (χ3v) is 4.11. The van der Waals surface area contributed by atoms with Gasteiger partial charge in [-0.2, -0.15) is 0 Å². The summed E-state index contributed by atoms with van der Waals surface area (Å²) in [5, 5.41) is 3.66. The number of carbonyl (C=O) groups is 2. The first-order valence-corrected chi connectivity index (χ1v) is 8.49. The number of ether oxygens (including phenoxy) is 2. The van der Waals surface area contributed by atoms with E-state index < -0.39 is 18.0 Å². The number of benzene rings is 2. The fourth-order valence-electron chi connectivity index (χ4n) is 2.63. The van der Waals surface area contributed by atoms with Crippen molar-refractivity contribution in [1.82, 2.24) is 4.98 Å². The maximum atomic E-state index is 12.4. The highest BCUT2D eigenvalue weighted by Crippen LogP contribution is 2.25. The van der Waals surface area contributed by atoms with E-state index in [1.165, 1.54) is 14.0 Å². The smallest absolute Gasteiger partial charge is 0.338 e. The zero-order valence-corrected chi connectivity index (χ0v) is 15.4. The van der Waals surface area contributed by atoms with Crippen molar-refractivity contribution in [2.75, 3.05) is 12.4 Å². The molecule has 0 aliphatic heterocycles. The van der Waals surface area contributed by atoms with Gasteiger partial charge in [-0.3, -0.25) is 9.78 Å². The van der Waals surface area contributed by atoms with Crippen LogP contribution < -0.4 is 10.1 Å². The van der Waals surface area contributed by atoms with Crippen LogP contribution >= 0.6 is 0 Å². The summed E-state index contributed by atoms with van der Waals surface area (Å²) in [5.74, 6) is -0.486. The summed E-state index contributed by atoms with van der Waals surface area (Å²) in [5.41, 5.74) is 2.53. The third-order valence-electron chi connectivity index (χ3n) is 4.11. The first-order valence-electron chi connectivity index (χ1n) is 8.49. The fourth-order valence-corrected chi connectivity index (χ4v) is 2.63. The van der Waals surface area contributed by atoms with Crippen molar-refractivity contribution in [3.05, 3.63) is 65.9 Å². The minimum atomic E-state index is -0.970. The van der Waals surface area contributed by atoms with E-state index >= 15 is 0 Å². The molecule has 138 valence electrons. The van der Waals surface area contributed by atoms with Crippen LogP contribution in [-0.4, -0.2) is 30.1 Å². The monoisotopic (exact) mass is 364 g/mol. The number of rotatable bonds is 5. The molecule has 0 saturated heterocycles. The molecule has 0 radical (unpaired) electrons. The molecule has 0 aliphatic rings. The van der Waals surface area contributed by atoms with E-state index in [1.54, 1.807) is 36.5 Å². The summed E-state index contributed by atoms with van der Waals surface area (Å²) in [7, 11) is 1.53. The van der Waals surface area contributed by atoms with Crippen LogP contribution in [0, 0.1) is 6.92 Å². The molecule has 0 bridgehead atoms. The van der Waals surface area contributed by atoms with Gasteiger partial charge in [0.25, 0.3) is 5.91 Å². The molecule has 1 aromatic heterocycles. The Bertz CT molecular complexity index is 1000. The predicted octanol–water partition coefficient (Wildman–Crippen LogP) is 3.74. The number of aromatic nitrogens is 1. The topological polar surface area (TPSA) is 77.5 Å². The maximum absolute atomic E-state index is 12.4. The molecule has 6 heteroatoms. The number of aryl methyl sites for hydroxylation is 1. The van der Waals surface area contributed by atoms with Crippen LogP contribution in [0.3, 0.4) is 0 Å². The second-order valence-electron chi connectivity index (χ2n) is 6.15. The quantitative estimate of drug-likeness (QED) is 0.698. The van der Waals surface area contributed by atoms with E-state index in [-0.39, 0.29) is 0 Å². The Morgan fingerprint density at radius 1 is 1.11 bits per heavy atom. The second-order valence-corrected chi connectivity index (χ2v) is 6.15. The SMILES string of the molecule is COc1ccc(C)cc1NC(=O)C(C)OC(=O)c1ccc2cccnc2c1. The van der Waals surface area contributed by atoms with Crippen molar-refractivity contribution in [2.45, 2.75) is 20.0 Å². The molecule has 27 heavy (non-hydrogen) atoms. The van der Waals surface area contributed by atoms with Gasteiger partial charge in [0.1, 0.15) is 5.75 Å². The number of hydrogen-bond acceptors (Lipinski definition) is 5. The van der Waals surface area contributed by atoms with Gasteiger partial charge >= 0.3 is 5.97 Å². The Balaban J connectivity index is 1.70. The lowest BCUT2D eigenvalue weighted by Crippen LogP contribution is -2.30. The predicted molar refractivity (Wildman–Crippen MR) is 103 cm³/mol. The summed E-state index contributed by atoms with van der Waals surface area (Å²) >= 11 is 0. The number of methoxy groups -OCH3 is 1. The van der Waals surface area contributed by atoms with Crippen LogP contribution in [0.2, 0.25) is 0 Å². The Hall–Kier alpha value is -3.41. The Morgan fingerprint density at radius 2 is 1.93 bits per heavy atom. The van der Waals surface area contributed by atoms with E-state index in [0.717, 1.165) is 10.9 Å². The second kappa shape index (κ2) is 7.86. The number of fused-ring (bicyclic) bond motifs is 1. The van der Waals surface area contributed by atoms with E-state index in [9.17, 15) is 9.59 Å². The van der Waals surface area contributed by atoms with Gasteiger partial charge in [-0.15, -0.1) is 0 Å². The van der Waals surface area contributed by atoms with Gasteiger partial charge in [-0.05, 0) is 49.7 Å². The van der Waals surface area contributed by atoms with Crippen LogP contribution in [-0.2, 0) is 9.53 Å². The van der Waals surface area contributed by atoms with Gasteiger partial charge in [0.15, 0.2) is 6.10 Å². The normalized spacial score (nSPS) is 11.7. The highest BCUT2D eigenvalue weighted by Gasteiger charge is 2.20. The number of anilines is 1. The van der Waals surface area contributed by atoms with E-state index in [2.05, 4.69) is 10.3 Å². The number of pyridine rings is 1. The minimum Gasteiger partial charge on any atom is -0.495 e. The molecule has 0 fully saturated rings. The molecule has 0 saturated carbocycles. The van der Waals surface area contributed by atoms with E-state index in [4.69, 9.17) is 9.47 Å². The average molecular weight is 364 g/mol. The molecule has 0 spiro atoms. The van der Waals surface area contributed by atoms with Crippen LogP contribution in [0.5, 0.6) is 5.75 Å². The lowest BCUT2D eigenvalue weighted by Gasteiger charge is -2.15. The molecular weight excluding hydrogens is 344 g/mol. The first kappa shape index (κ1) is 18.4.